The van der Waals surface area contributed by atoms with Gasteiger partial charge >= 0.3 is 0 Å². The summed E-state index contributed by atoms with van der Waals surface area (Å²) in [5, 5.41) is 3.62. The zero-order valence-corrected chi connectivity index (χ0v) is 12.2. The van der Waals surface area contributed by atoms with Crippen LogP contribution in [0.5, 0.6) is 0 Å². The fourth-order valence-corrected chi connectivity index (χ4v) is 3.10. The topological polar surface area (TPSA) is 29.9 Å². The van der Waals surface area contributed by atoms with Crippen molar-refractivity contribution in [3.8, 4) is 0 Å². The zero-order valence-electron chi connectivity index (χ0n) is 12.2. The first-order valence-electron chi connectivity index (χ1n) is 7.68. The van der Waals surface area contributed by atoms with Crippen molar-refractivity contribution in [1.82, 2.24) is 14.9 Å². The van der Waals surface area contributed by atoms with Crippen LogP contribution in [0.1, 0.15) is 49.0 Å². The van der Waals surface area contributed by atoms with Crippen LogP contribution >= 0.6 is 0 Å². The van der Waals surface area contributed by atoms with Crippen molar-refractivity contribution in [2.24, 2.45) is 0 Å². The summed E-state index contributed by atoms with van der Waals surface area (Å²) in [5.74, 6) is 0. The van der Waals surface area contributed by atoms with Crippen molar-refractivity contribution >= 4 is 0 Å². The fourth-order valence-electron chi connectivity index (χ4n) is 3.10. The molecule has 106 valence electrons. The molecule has 3 nitrogen and oxygen atoms in total. The number of piperidine rings is 1. The van der Waals surface area contributed by atoms with Crippen molar-refractivity contribution in [2.75, 3.05) is 6.54 Å². The first-order chi connectivity index (χ1) is 9.88. The maximum Gasteiger partial charge on any atom is 0.0951 e. The van der Waals surface area contributed by atoms with E-state index in [9.17, 15) is 0 Å². The van der Waals surface area contributed by atoms with E-state index in [1.54, 1.807) is 0 Å². The van der Waals surface area contributed by atoms with Gasteiger partial charge in [0, 0.05) is 18.8 Å². The first kappa shape index (κ1) is 13.4. The van der Waals surface area contributed by atoms with E-state index in [2.05, 4.69) is 46.1 Å². The molecule has 0 spiro atoms. The second kappa shape index (κ2) is 6.23. The lowest BCUT2D eigenvalue weighted by molar-refractivity contribution is 0.395. The van der Waals surface area contributed by atoms with E-state index in [1.165, 1.54) is 36.1 Å². The number of nitrogens with zero attached hydrogens (tertiary/aromatic N) is 2. The minimum absolute atomic E-state index is 0.472. The third-order valence-electron chi connectivity index (χ3n) is 4.25. The summed E-state index contributed by atoms with van der Waals surface area (Å²) in [6.07, 6.45) is 8.91. The van der Waals surface area contributed by atoms with Crippen LogP contribution in [0.3, 0.4) is 0 Å². The summed E-state index contributed by atoms with van der Waals surface area (Å²) < 4.78 is 2.30. The highest BCUT2D eigenvalue weighted by molar-refractivity contribution is 5.28. The Morgan fingerprint density at radius 2 is 2.10 bits per heavy atom. The molecule has 0 saturated carbocycles. The monoisotopic (exact) mass is 269 g/mol. The summed E-state index contributed by atoms with van der Waals surface area (Å²) in [7, 11) is 0. The molecule has 1 unspecified atom stereocenters. The van der Waals surface area contributed by atoms with Crippen LogP contribution in [0, 0.1) is 0 Å². The van der Waals surface area contributed by atoms with Gasteiger partial charge in [0.25, 0.3) is 0 Å². The Balaban J connectivity index is 1.82. The molecule has 1 N–H and O–H groups in total. The van der Waals surface area contributed by atoms with E-state index in [0.29, 0.717) is 6.04 Å². The lowest BCUT2D eigenvalue weighted by Crippen LogP contribution is -2.28. The molecular formula is C17H23N3. The first-order valence-corrected chi connectivity index (χ1v) is 7.68. The van der Waals surface area contributed by atoms with Crippen LogP contribution in [-0.4, -0.2) is 16.1 Å². The Morgan fingerprint density at radius 3 is 2.85 bits per heavy atom. The summed E-state index contributed by atoms with van der Waals surface area (Å²) in [5.41, 5.74) is 4.17. The lowest BCUT2D eigenvalue weighted by atomic mass is 10.0. The van der Waals surface area contributed by atoms with Gasteiger partial charge in [-0.2, -0.15) is 0 Å². The van der Waals surface area contributed by atoms with Gasteiger partial charge in [0.1, 0.15) is 0 Å². The van der Waals surface area contributed by atoms with Crippen molar-refractivity contribution in [3.63, 3.8) is 0 Å². The van der Waals surface area contributed by atoms with Crippen LogP contribution in [0.25, 0.3) is 0 Å². The second-order valence-electron chi connectivity index (χ2n) is 5.57. The van der Waals surface area contributed by atoms with E-state index in [0.717, 1.165) is 19.5 Å². The van der Waals surface area contributed by atoms with Gasteiger partial charge in [-0.1, -0.05) is 37.6 Å². The van der Waals surface area contributed by atoms with Gasteiger partial charge < -0.3 is 9.88 Å². The van der Waals surface area contributed by atoms with Crippen molar-refractivity contribution < 1.29 is 0 Å². The average molecular weight is 269 g/mol. The molecule has 0 amide bonds. The summed E-state index contributed by atoms with van der Waals surface area (Å²) in [4.78, 5) is 4.37. The minimum Gasteiger partial charge on any atom is -0.329 e. The van der Waals surface area contributed by atoms with E-state index >= 15 is 0 Å². The lowest BCUT2D eigenvalue weighted by Gasteiger charge is -2.24. The number of imidazole rings is 1. The average Bonchev–Trinajstić information content (AvgIpc) is 2.97. The number of hydrogen-bond acceptors (Lipinski definition) is 2. The van der Waals surface area contributed by atoms with Crippen LogP contribution < -0.4 is 5.32 Å². The molecule has 1 aromatic heterocycles. The van der Waals surface area contributed by atoms with Gasteiger partial charge in [-0.05, 0) is 36.9 Å². The van der Waals surface area contributed by atoms with E-state index in [4.69, 9.17) is 0 Å². The maximum absolute atomic E-state index is 4.37. The Morgan fingerprint density at radius 1 is 1.25 bits per heavy atom. The fraction of sp³-hybridized carbons (Fsp3) is 0.471. The van der Waals surface area contributed by atoms with E-state index in [-0.39, 0.29) is 0 Å². The molecule has 20 heavy (non-hydrogen) atoms. The highest BCUT2D eigenvalue weighted by Gasteiger charge is 2.18. The number of aryl methyl sites for hydroxylation is 1. The Labute approximate surface area is 121 Å². The van der Waals surface area contributed by atoms with E-state index in [1.807, 2.05) is 12.5 Å². The van der Waals surface area contributed by atoms with Gasteiger partial charge in [-0.15, -0.1) is 0 Å². The Kier molecular flexibility index (Phi) is 4.16. The summed E-state index contributed by atoms with van der Waals surface area (Å²) in [6.45, 7) is 4.27. The highest BCUT2D eigenvalue weighted by atomic mass is 15.1. The second-order valence-corrected chi connectivity index (χ2v) is 5.57. The minimum atomic E-state index is 0.472. The van der Waals surface area contributed by atoms with Gasteiger partial charge in [0.05, 0.1) is 12.0 Å². The van der Waals surface area contributed by atoms with Crippen LogP contribution in [0.4, 0.5) is 0 Å². The van der Waals surface area contributed by atoms with Crippen molar-refractivity contribution in [1.29, 1.82) is 0 Å². The van der Waals surface area contributed by atoms with Gasteiger partial charge in [0.15, 0.2) is 0 Å². The Hall–Kier alpha value is -1.61. The van der Waals surface area contributed by atoms with Gasteiger partial charge in [-0.3, -0.25) is 0 Å². The van der Waals surface area contributed by atoms with Crippen molar-refractivity contribution in [2.45, 2.75) is 45.2 Å². The van der Waals surface area contributed by atoms with E-state index < -0.39 is 0 Å². The molecule has 1 aromatic carbocycles. The standard InChI is InChI=1S/C17H23N3/c1-2-14-7-3-4-8-15(14)12-20-13-18-11-17(20)16-9-5-6-10-19-16/h3-4,7-8,11,13,16,19H,2,5-6,9-10,12H2,1H3. The number of benzene rings is 1. The highest BCUT2D eigenvalue weighted by Crippen LogP contribution is 2.23. The quantitative estimate of drug-likeness (QED) is 0.923. The smallest absolute Gasteiger partial charge is 0.0951 e. The molecule has 0 radical (unpaired) electrons. The maximum atomic E-state index is 4.37. The molecule has 0 aliphatic carbocycles. The third-order valence-corrected chi connectivity index (χ3v) is 4.25. The number of nitrogens with one attached hydrogen (secondary N) is 1. The Bertz CT molecular complexity index is 553. The molecule has 2 heterocycles. The van der Waals surface area contributed by atoms with Crippen LogP contribution in [0.15, 0.2) is 36.8 Å². The largest absolute Gasteiger partial charge is 0.329 e. The molecule has 3 heteroatoms. The number of aromatic nitrogens is 2. The molecule has 1 saturated heterocycles. The molecule has 2 aromatic rings. The summed E-state index contributed by atoms with van der Waals surface area (Å²) in [6, 6.07) is 9.19. The van der Waals surface area contributed by atoms with Crippen LogP contribution in [-0.2, 0) is 13.0 Å². The van der Waals surface area contributed by atoms with Gasteiger partial charge in [0.2, 0.25) is 0 Å². The molecule has 1 atom stereocenters. The predicted molar refractivity (Wildman–Crippen MR) is 81.7 cm³/mol. The molecule has 3 rings (SSSR count). The van der Waals surface area contributed by atoms with Gasteiger partial charge in [-0.25, -0.2) is 4.98 Å². The normalized spacial score (nSPS) is 19.1. The molecule has 1 aliphatic heterocycles. The predicted octanol–water partition coefficient (Wildman–Crippen LogP) is 3.31. The molecular weight excluding hydrogens is 246 g/mol. The molecule has 1 fully saturated rings. The molecule has 1 aliphatic rings. The van der Waals surface area contributed by atoms with Crippen molar-refractivity contribution in [3.05, 3.63) is 53.6 Å². The summed E-state index contributed by atoms with van der Waals surface area (Å²) >= 11 is 0. The molecule has 0 bridgehead atoms. The van der Waals surface area contributed by atoms with Crippen LogP contribution in [0.2, 0.25) is 0 Å². The zero-order chi connectivity index (χ0) is 13.8. The number of hydrogen-bond donors (Lipinski definition) is 1. The number of rotatable bonds is 4. The SMILES string of the molecule is CCc1ccccc1Cn1cncc1C1CCCCN1. The third kappa shape index (κ3) is 2.78.